The lowest BCUT2D eigenvalue weighted by Gasteiger charge is -2.04. The highest BCUT2D eigenvalue weighted by Crippen LogP contribution is 2.23. The number of halogens is 2. The second kappa shape index (κ2) is 6.52. The average molecular weight is 347 g/mol. The SMILES string of the molecule is CCc1nn(CC)c(Cn2cc(CCCl)nn2)c1Br. The minimum atomic E-state index is 0.565. The number of rotatable bonds is 6. The van der Waals surface area contributed by atoms with E-state index in [1.807, 2.05) is 15.6 Å². The van der Waals surface area contributed by atoms with Gasteiger partial charge in [-0.05, 0) is 29.3 Å². The average Bonchev–Trinajstić information content (AvgIpc) is 2.97. The quantitative estimate of drug-likeness (QED) is 0.756. The fourth-order valence-corrected chi connectivity index (χ4v) is 2.83. The van der Waals surface area contributed by atoms with E-state index >= 15 is 0 Å². The van der Waals surface area contributed by atoms with Crippen LogP contribution in [-0.4, -0.2) is 30.7 Å². The molecule has 0 aliphatic carbocycles. The first-order chi connectivity index (χ1) is 9.19. The molecule has 0 aromatic carbocycles. The Morgan fingerprint density at radius 3 is 2.79 bits per heavy atom. The predicted molar refractivity (Wildman–Crippen MR) is 78.5 cm³/mol. The molecule has 0 saturated carbocycles. The monoisotopic (exact) mass is 345 g/mol. The summed E-state index contributed by atoms with van der Waals surface area (Å²) < 4.78 is 4.91. The molecule has 0 saturated heterocycles. The molecule has 2 aromatic rings. The van der Waals surface area contributed by atoms with Gasteiger partial charge in [0.05, 0.1) is 28.1 Å². The molecule has 0 bridgehead atoms. The molecule has 7 heteroatoms. The molecule has 0 fully saturated rings. The van der Waals surface area contributed by atoms with Gasteiger partial charge in [0.1, 0.15) is 0 Å². The van der Waals surface area contributed by atoms with Crippen LogP contribution in [0.25, 0.3) is 0 Å². The van der Waals surface area contributed by atoms with E-state index in [-0.39, 0.29) is 0 Å². The van der Waals surface area contributed by atoms with E-state index < -0.39 is 0 Å². The lowest BCUT2D eigenvalue weighted by atomic mass is 10.3. The van der Waals surface area contributed by atoms with Gasteiger partial charge in [-0.25, -0.2) is 4.68 Å². The maximum atomic E-state index is 5.70. The summed E-state index contributed by atoms with van der Waals surface area (Å²) in [6.07, 6.45) is 3.60. The van der Waals surface area contributed by atoms with Crippen molar-refractivity contribution >= 4 is 27.5 Å². The Morgan fingerprint density at radius 2 is 2.16 bits per heavy atom. The highest BCUT2D eigenvalue weighted by molar-refractivity contribution is 9.10. The van der Waals surface area contributed by atoms with E-state index in [0.29, 0.717) is 12.4 Å². The highest BCUT2D eigenvalue weighted by Gasteiger charge is 2.14. The third kappa shape index (κ3) is 3.17. The first-order valence-corrected chi connectivity index (χ1v) is 7.71. The van der Waals surface area contributed by atoms with E-state index in [9.17, 15) is 0 Å². The van der Waals surface area contributed by atoms with E-state index in [0.717, 1.165) is 40.9 Å². The predicted octanol–water partition coefficient (Wildman–Crippen LogP) is 2.65. The van der Waals surface area contributed by atoms with Gasteiger partial charge in [-0.3, -0.25) is 4.68 Å². The molecule has 0 N–H and O–H groups in total. The molecule has 0 radical (unpaired) electrons. The van der Waals surface area contributed by atoms with Gasteiger partial charge in [-0.1, -0.05) is 12.1 Å². The van der Waals surface area contributed by atoms with Crippen LogP contribution in [0.4, 0.5) is 0 Å². The van der Waals surface area contributed by atoms with Gasteiger partial charge in [0.15, 0.2) is 0 Å². The maximum absolute atomic E-state index is 5.70. The third-order valence-corrected chi connectivity index (χ3v) is 4.05. The first-order valence-electron chi connectivity index (χ1n) is 6.38. The molecular formula is C12H17BrClN5. The van der Waals surface area contributed by atoms with Gasteiger partial charge in [0.2, 0.25) is 0 Å². The molecule has 2 rings (SSSR count). The minimum Gasteiger partial charge on any atom is -0.267 e. The summed E-state index contributed by atoms with van der Waals surface area (Å²) in [6.45, 7) is 5.70. The summed E-state index contributed by atoms with van der Waals surface area (Å²) in [4.78, 5) is 0. The molecule has 19 heavy (non-hydrogen) atoms. The van der Waals surface area contributed by atoms with Crippen LogP contribution in [0, 0.1) is 0 Å². The van der Waals surface area contributed by atoms with E-state index in [1.165, 1.54) is 0 Å². The Balaban J connectivity index is 2.23. The summed E-state index contributed by atoms with van der Waals surface area (Å²) in [5.41, 5.74) is 3.13. The second-order valence-corrected chi connectivity index (χ2v) is 5.39. The standard InChI is InChI=1S/C12H17BrClN5/c1-3-10-12(13)11(19(4-2)16-10)8-18-7-9(5-6-14)15-17-18/h7H,3-6,8H2,1-2H3. The van der Waals surface area contributed by atoms with Crippen LogP contribution in [-0.2, 0) is 25.9 Å². The maximum Gasteiger partial charge on any atom is 0.0857 e. The summed E-state index contributed by atoms with van der Waals surface area (Å²) >= 11 is 9.33. The summed E-state index contributed by atoms with van der Waals surface area (Å²) in [5.74, 6) is 0.565. The van der Waals surface area contributed by atoms with E-state index in [4.69, 9.17) is 11.6 Å². The third-order valence-electron chi connectivity index (χ3n) is 2.94. The van der Waals surface area contributed by atoms with Crippen LogP contribution in [0.1, 0.15) is 30.9 Å². The van der Waals surface area contributed by atoms with Crippen molar-refractivity contribution in [3.63, 3.8) is 0 Å². The van der Waals surface area contributed by atoms with Crippen molar-refractivity contribution in [3.8, 4) is 0 Å². The summed E-state index contributed by atoms with van der Waals surface area (Å²) in [6, 6.07) is 0. The Labute approximate surface area is 126 Å². The largest absolute Gasteiger partial charge is 0.267 e. The lowest BCUT2D eigenvalue weighted by Crippen LogP contribution is -2.09. The van der Waals surface area contributed by atoms with Crippen molar-refractivity contribution in [1.29, 1.82) is 0 Å². The minimum absolute atomic E-state index is 0.565. The molecule has 0 unspecified atom stereocenters. The molecule has 0 aliphatic rings. The van der Waals surface area contributed by atoms with Crippen molar-refractivity contribution in [2.75, 3.05) is 5.88 Å². The van der Waals surface area contributed by atoms with Gasteiger partial charge in [-0.2, -0.15) is 5.10 Å². The number of hydrogen-bond acceptors (Lipinski definition) is 3. The molecule has 2 aromatic heterocycles. The molecule has 0 aliphatic heterocycles. The Hall–Kier alpha value is -0.880. The zero-order valence-corrected chi connectivity index (χ0v) is 13.4. The van der Waals surface area contributed by atoms with Crippen LogP contribution in [0.5, 0.6) is 0 Å². The Morgan fingerprint density at radius 1 is 1.37 bits per heavy atom. The topological polar surface area (TPSA) is 48.5 Å². The first kappa shape index (κ1) is 14.5. The fraction of sp³-hybridized carbons (Fsp3) is 0.583. The van der Waals surface area contributed by atoms with Gasteiger partial charge in [-0.15, -0.1) is 16.7 Å². The van der Waals surface area contributed by atoms with Crippen molar-refractivity contribution < 1.29 is 0 Å². The zero-order chi connectivity index (χ0) is 13.8. The van der Waals surface area contributed by atoms with Crippen LogP contribution in [0.15, 0.2) is 10.7 Å². The van der Waals surface area contributed by atoms with Crippen molar-refractivity contribution in [2.24, 2.45) is 0 Å². The van der Waals surface area contributed by atoms with Crippen LogP contribution in [0.3, 0.4) is 0 Å². The number of nitrogens with zero attached hydrogens (tertiary/aromatic N) is 5. The summed E-state index contributed by atoms with van der Waals surface area (Å²) in [5, 5.41) is 12.8. The lowest BCUT2D eigenvalue weighted by molar-refractivity contribution is 0.562. The number of hydrogen-bond donors (Lipinski definition) is 0. The van der Waals surface area contributed by atoms with Crippen LogP contribution in [0.2, 0.25) is 0 Å². The van der Waals surface area contributed by atoms with Crippen LogP contribution < -0.4 is 0 Å². The fourth-order valence-electron chi connectivity index (χ4n) is 1.95. The van der Waals surface area contributed by atoms with Crippen molar-refractivity contribution in [1.82, 2.24) is 24.8 Å². The number of alkyl halides is 1. The Bertz CT molecular complexity index is 548. The van der Waals surface area contributed by atoms with E-state index in [2.05, 4.69) is 45.2 Å². The molecule has 0 spiro atoms. The molecule has 2 heterocycles. The number of aryl methyl sites for hydroxylation is 3. The van der Waals surface area contributed by atoms with Gasteiger partial charge in [0.25, 0.3) is 0 Å². The Kier molecular flexibility index (Phi) is 4.99. The molecule has 0 amide bonds. The molecule has 104 valence electrons. The molecular weight excluding hydrogens is 330 g/mol. The van der Waals surface area contributed by atoms with Gasteiger partial charge < -0.3 is 0 Å². The van der Waals surface area contributed by atoms with Crippen molar-refractivity contribution in [2.45, 2.75) is 39.8 Å². The molecule has 0 atom stereocenters. The van der Waals surface area contributed by atoms with Crippen LogP contribution >= 0.6 is 27.5 Å². The molecule has 5 nitrogen and oxygen atoms in total. The van der Waals surface area contributed by atoms with Gasteiger partial charge in [0, 0.05) is 25.0 Å². The number of aromatic nitrogens is 5. The van der Waals surface area contributed by atoms with Crippen molar-refractivity contribution in [3.05, 3.63) is 27.8 Å². The smallest absolute Gasteiger partial charge is 0.0857 e. The second-order valence-electron chi connectivity index (χ2n) is 4.22. The van der Waals surface area contributed by atoms with Gasteiger partial charge >= 0.3 is 0 Å². The highest BCUT2D eigenvalue weighted by atomic mass is 79.9. The van der Waals surface area contributed by atoms with E-state index in [1.54, 1.807) is 0 Å². The summed E-state index contributed by atoms with van der Waals surface area (Å²) in [7, 11) is 0. The normalized spacial score (nSPS) is 11.2. The zero-order valence-electron chi connectivity index (χ0n) is 11.1.